The first kappa shape index (κ1) is 14.4. The normalized spacial score (nSPS) is 20.2. The van der Waals surface area contributed by atoms with Gasteiger partial charge in [0.25, 0.3) is 0 Å². The summed E-state index contributed by atoms with van der Waals surface area (Å²) in [6.45, 7) is 0. The van der Waals surface area contributed by atoms with Gasteiger partial charge in [-0.15, -0.1) is 0 Å². The van der Waals surface area contributed by atoms with Crippen LogP contribution in [0.25, 0.3) is 0 Å². The molecule has 2 unspecified atom stereocenters. The van der Waals surface area contributed by atoms with E-state index in [-0.39, 0.29) is 17.6 Å². The maximum Gasteiger partial charge on any atom is 0.163 e. The summed E-state index contributed by atoms with van der Waals surface area (Å²) in [6.07, 6.45) is 3.62. The third kappa shape index (κ3) is 2.39. The molecule has 0 saturated carbocycles. The standard InChI is InChI=1S/C19H18O3/c1-21-17-9-5-3-7-13(17)14-11-12-16(20)19(14)15-8-4-6-10-18(15)22-2/h3-12,14,19H,1-2H3. The van der Waals surface area contributed by atoms with E-state index in [1.165, 1.54) is 0 Å². The summed E-state index contributed by atoms with van der Waals surface area (Å²) in [4.78, 5) is 12.4. The Morgan fingerprint density at radius 2 is 1.36 bits per heavy atom. The fourth-order valence-electron chi connectivity index (χ4n) is 3.09. The highest BCUT2D eigenvalue weighted by atomic mass is 16.5. The minimum atomic E-state index is -0.271. The quantitative estimate of drug-likeness (QED) is 0.862. The largest absolute Gasteiger partial charge is 0.496 e. The second-order valence-corrected chi connectivity index (χ2v) is 5.25. The van der Waals surface area contributed by atoms with Crippen LogP contribution in [-0.4, -0.2) is 20.0 Å². The Labute approximate surface area is 130 Å². The molecule has 0 aliphatic heterocycles. The SMILES string of the molecule is COc1ccccc1C1C=CC(=O)C1c1ccccc1OC. The van der Waals surface area contributed by atoms with E-state index in [0.29, 0.717) is 0 Å². The van der Waals surface area contributed by atoms with Crippen molar-refractivity contribution in [1.82, 2.24) is 0 Å². The number of para-hydroxylation sites is 2. The molecule has 0 radical (unpaired) electrons. The molecule has 0 bridgehead atoms. The van der Waals surface area contributed by atoms with Crippen molar-refractivity contribution in [2.24, 2.45) is 0 Å². The average Bonchev–Trinajstić information content (AvgIpc) is 2.96. The van der Waals surface area contributed by atoms with Gasteiger partial charge in [-0.2, -0.15) is 0 Å². The molecule has 3 nitrogen and oxygen atoms in total. The zero-order chi connectivity index (χ0) is 15.5. The van der Waals surface area contributed by atoms with Crippen LogP contribution in [0.5, 0.6) is 11.5 Å². The zero-order valence-corrected chi connectivity index (χ0v) is 12.7. The van der Waals surface area contributed by atoms with Crippen molar-refractivity contribution in [3.63, 3.8) is 0 Å². The van der Waals surface area contributed by atoms with Crippen LogP contribution in [0.4, 0.5) is 0 Å². The molecule has 0 spiro atoms. The highest BCUT2D eigenvalue weighted by molar-refractivity contribution is 6.00. The monoisotopic (exact) mass is 294 g/mol. The lowest BCUT2D eigenvalue weighted by Gasteiger charge is -2.22. The molecular formula is C19H18O3. The molecule has 3 heteroatoms. The van der Waals surface area contributed by atoms with E-state index in [0.717, 1.165) is 22.6 Å². The molecular weight excluding hydrogens is 276 g/mol. The van der Waals surface area contributed by atoms with Crippen LogP contribution in [0.2, 0.25) is 0 Å². The molecule has 22 heavy (non-hydrogen) atoms. The van der Waals surface area contributed by atoms with Gasteiger partial charge in [-0.1, -0.05) is 42.5 Å². The summed E-state index contributed by atoms with van der Waals surface area (Å²) in [5, 5.41) is 0. The summed E-state index contributed by atoms with van der Waals surface area (Å²) in [7, 11) is 3.28. The number of carbonyl (C=O) groups excluding carboxylic acids is 1. The second-order valence-electron chi connectivity index (χ2n) is 5.25. The van der Waals surface area contributed by atoms with Crippen molar-refractivity contribution < 1.29 is 14.3 Å². The molecule has 1 aliphatic rings. The Kier molecular flexibility index (Phi) is 3.96. The fourth-order valence-corrected chi connectivity index (χ4v) is 3.09. The van der Waals surface area contributed by atoms with Gasteiger partial charge in [0, 0.05) is 17.0 Å². The van der Waals surface area contributed by atoms with Crippen LogP contribution in [0, 0.1) is 0 Å². The Hall–Kier alpha value is -2.55. The maximum absolute atomic E-state index is 12.4. The third-order valence-electron chi connectivity index (χ3n) is 4.11. The number of carbonyl (C=O) groups is 1. The van der Waals surface area contributed by atoms with Crippen LogP contribution in [0.3, 0.4) is 0 Å². The van der Waals surface area contributed by atoms with Crippen molar-refractivity contribution in [2.45, 2.75) is 11.8 Å². The lowest BCUT2D eigenvalue weighted by atomic mass is 9.82. The number of hydrogen-bond donors (Lipinski definition) is 0. The lowest BCUT2D eigenvalue weighted by molar-refractivity contribution is -0.115. The van der Waals surface area contributed by atoms with Crippen LogP contribution in [0.15, 0.2) is 60.7 Å². The summed E-state index contributed by atoms with van der Waals surface area (Å²) in [5.74, 6) is 1.32. The van der Waals surface area contributed by atoms with E-state index in [1.807, 2.05) is 54.6 Å². The summed E-state index contributed by atoms with van der Waals surface area (Å²) in [5.41, 5.74) is 1.93. The first-order valence-corrected chi connectivity index (χ1v) is 7.24. The van der Waals surface area contributed by atoms with Gasteiger partial charge >= 0.3 is 0 Å². The van der Waals surface area contributed by atoms with Crippen molar-refractivity contribution in [3.05, 3.63) is 71.8 Å². The van der Waals surface area contributed by atoms with Gasteiger partial charge in [0.1, 0.15) is 11.5 Å². The Morgan fingerprint density at radius 3 is 2.00 bits per heavy atom. The molecule has 2 atom stereocenters. The minimum Gasteiger partial charge on any atom is -0.496 e. The Bertz CT molecular complexity index is 718. The molecule has 0 aromatic heterocycles. The summed E-state index contributed by atoms with van der Waals surface area (Å²) < 4.78 is 10.9. The number of ketones is 1. The molecule has 3 rings (SSSR count). The third-order valence-corrected chi connectivity index (χ3v) is 4.11. The number of hydrogen-bond acceptors (Lipinski definition) is 3. The molecule has 0 fully saturated rings. The number of allylic oxidation sites excluding steroid dienone is 2. The molecule has 1 aliphatic carbocycles. The maximum atomic E-state index is 12.4. The fraction of sp³-hybridized carbons (Fsp3) is 0.211. The number of ether oxygens (including phenoxy) is 2. The average molecular weight is 294 g/mol. The number of methoxy groups -OCH3 is 2. The molecule has 0 saturated heterocycles. The lowest BCUT2D eigenvalue weighted by Crippen LogP contribution is -2.14. The second kappa shape index (κ2) is 6.06. The minimum absolute atomic E-state index is 0.0417. The van der Waals surface area contributed by atoms with Crippen LogP contribution >= 0.6 is 0 Å². The van der Waals surface area contributed by atoms with Crippen molar-refractivity contribution in [3.8, 4) is 11.5 Å². The van der Waals surface area contributed by atoms with Crippen LogP contribution < -0.4 is 9.47 Å². The van der Waals surface area contributed by atoms with E-state index < -0.39 is 0 Å². The van der Waals surface area contributed by atoms with E-state index in [1.54, 1.807) is 20.3 Å². The van der Waals surface area contributed by atoms with E-state index in [9.17, 15) is 4.79 Å². The number of benzene rings is 2. The van der Waals surface area contributed by atoms with Gasteiger partial charge in [0.15, 0.2) is 5.78 Å². The van der Waals surface area contributed by atoms with E-state index in [4.69, 9.17) is 9.47 Å². The molecule has 0 heterocycles. The van der Waals surface area contributed by atoms with Gasteiger partial charge in [-0.3, -0.25) is 4.79 Å². The highest BCUT2D eigenvalue weighted by Crippen LogP contribution is 2.45. The van der Waals surface area contributed by atoms with Crippen LogP contribution in [-0.2, 0) is 4.79 Å². The Morgan fingerprint density at radius 1 is 0.818 bits per heavy atom. The highest BCUT2D eigenvalue weighted by Gasteiger charge is 2.35. The summed E-state index contributed by atoms with van der Waals surface area (Å²) >= 11 is 0. The van der Waals surface area contributed by atoms with Gasteiger partial charge in [0.2, 0.25) is 0 Å². The van der Waals surface area contributed by atoms with Gasteiger partial charge in [0.05, 0.1) is 20.1 Å². The van der Waals surface area contributed by atoms with Crippen molar-refractivity contribution in [2.75, 3.05) is 14.2 Å². The van der Waals surface area contributed by atoms with Gasteiger partial charge < -0.3 is 9.47 Å². The smallest absolute Gasteiger partial charge is 0.163 e. The first-order valence-electron chi connectivity index (χ1n) is 7.24. The molecule has 2 aromatic rings. The zero-order valence-electron chi connectivity index (χ0n) is 12.7. The molecule has 0 amide bonds. The van der Waals surface area contributed by atoms with Gasteiger partial charge in [-0.25, -0.2) is 0 Å². The van der Waals surface area contributed by atoms with E-state index >= 15 is 0 Å². The van der Waals surface area contributed by atoms with Crippen molar-refractivity contribution >= 4 is 5.78 Å². The van der Waals surface area contributed by atoms with E-state index in [2.05, 4.69) is 0 Å². The molecule has 0 N–H and O–H groups in total. The predicted molar refractivity (Wildman–Crippen MR) is 85.6 cm³/mol. The van der Waals surface area contributed by atoms with Crippen molar-refractivity contribution in [1.29, 1.82) is 0 Å². The first-order chi connectivity index (χ1) is 10.8. The number of rotatable bonds is 4. The van der Waals surface area contributed by atoms with Crippen LogP contribution in [0.1, 0.15) is 23.0 Å². The van der Waals surface area contributed by atoms with Gasteiger partial charge in [-0.05, 0) is 18.2 Å². The predicted octanol–water partition coefficient (Wildman–Crippen LogP) is 3.71. The topological polar surface area (TPSA) is 35.5 Å². The summed E-state index contributed by atoms with van der Waals surface area (Å²) in [6, 6.07) is 15.5. The molecule has 2 aromatic carbocycles. The molecule has 112 valence electrons. The Balaban J connectivity index is 2.08.